The van der Waals surface area contributed by atoms with Crippen LogP contribution in [-0.4, -0.2) is 9.55 Å². The van der Waals surface area contributed by atoms with Crippen molar-refractivity contribution < 1.29 is 30.4 Å². The van der Waals surface area contributed by atoms with E-state index < -0.39 is 0 Å². The monoisotopic (exact) mass is 652 g/mol. The van der Waals surface area contributed by atoms with Crippen molar-refractivity contribution in [2.45, 2.75) is 26.2 Å². The maximum absolute atomic E-state index is 6.25. The molecule has 0 unspecified atom stereocenters. The topological polar surface area (TPSA) is 30.9 Å². The van der Waals surface area contributed by atoms with E-state index in [-0.39, 0.29) is 26.5 Å². The van der Waals surface area contributed by atoms with Crippen molar-refractivity contribution in [2.24, 2.45) is 7.05 Å². The third kappa shape index (κ3) is 5.50. The fourth-order valence-electron chi connectivity index (χ4n) is 3.95. The minimum Gasteiger partial charge on any atom is -0.504 e. The molecule has 0 aliphatic heterocycles. The Kier molecular flexibility index (Phi) is 7.56. The van der Waals surface area contributed by atoms with Gasteiger partial charge in [0, 0.05) is 38.8 Å². The molecule has 0 spiro atoms. The zero-order valence-corrected chi connectivity index (χ0v) is 23.0. The molecule has 36 heavy (non-hydrogen) atoms. The van der Waals surface area contributed by atoms with Crippen LogP contribution in [0, 0.1) is 18.5 Å². The summed E-state index contributed by atoms with van der Waals surface area (Å²) in [6.07, 6.45) is 18.4. The normalized spacial score (nSPS) is 18.1. The number of hydrogen-bond acceptors (Lipinski definition) is 2. The zero-order chi connectivity index (χ0) is 24.4. The molecule has 0 saturated carbocycles. The number of hydrogen-bond donors (Lipinski definition) is 0. The van der Waals surface area contributed by atoms with Crippen LogP contribution in [0.15, 0.2) is 96.9 Å². The van der Waals surface area contributed by atoms with Gasteiger partial charge in [0.25, 0.3) is 0 Å². The van der Waals surface area contributed by atoms with Gasteiger partial charge in [0.2, 0.25) is 6.33 Å². The number of benzene rings is 2. The van der Waals surface area contributed by atoms with Crippen molar-refractivity contribution in [1.29, 1.82) is 0 Å². The summed E-state index contributed by atoms with van der Waals surface area (Å²) in [5, 5.41) is 0. The van der Waals surface area contributed by atoms with Crippen molar-refractivity contribution in [2.75, 3.05) is 0 Å². The van der Waals surface area contributed by atoms with Crippen molar-refractivity contribution in [3.63, 3.8) is 0 Å². The van der Waals surface area contributed by atoms with Gasteiger partial charge in [0.15, 0.2) is 0 Å². The average Bonchev–Trinajstić information content (AvgIpc) is 3.17. The van der Waals surface area contributed by atoms with Gasteiger partial charge >= 0.3 is 0 Å². The molecule has 0 amide bonds. The van der Waals surface area contributed by atoms with E-state index in [0.717, 1.165) is 28.0 Å². The number of fused-ring (bicyclic) bond motifs is 1. The first-order valence-electron chi connectivity index (χ1n) is 11.6. The van der Waals surface area contributed by atoms with E-state index in [2.05, 4.69) is 68.5 Å². The van der Waals surface area contributed by atoms with E-state index in [0.29, 0.717) is 11.5 Å². The van der Waals surface area contributed by atoms with Crippen molar-refractivity contribution in [1.82, 2.24) is 9.55 Å². The van der Waals surface area contributed by atoms with Gasteiger partial charge in [-0.3, -0.25) is 0 Å². The molecule has 2 aromatic carbocycles. The number of nitrogens with zero attached hydrogens (tertiary/aromatic N) is 3. The number of aromatic nitrogens is 3. The quantitative estimate of drug-likeness (QED) is 0.200. The van der Waals surface area contributed by atoms with E-state index in [1.165, 1.54) is 5.56 Å². The number of pyridine rings is 1. The Hall–Kier alpha value is -3.49. The molecule has 0 fully saturated rings. The van der Waals surface area contributed by atoms with E-state index in [1.54, 1.807) is 0 Å². The molecular weight excluding hydrogens is 625 g/mol. The van der Waals surface area contributed by atoms with Crippen LogP contribution in [0.1, 0.15) is 32.0 Å². The Morgan fingerprint density at radius 1 is 0.972 bits per heavy atom. The molecule has 4 nitrogen and oxygen atoms in total. The molecule has 5 heteroatoms. The maximum atomic E-state index is 6.25. The van der Waals surface area contributed by atoms with Crippen LogP contribution in [0.3, 0.4) is 0 Å². The first-order chi connectivity index (χ1) is 16.9. The van der Waals surface area contributed by atoms with Gasteiger partial charge in [-0.05, 0) is 22.7 Å². The van der Waals surface area contributed by atoms with Gasteiger partial charge in [0.1, 0.15) is 0 Å². The van der Waals surface area contributed by atoms with E-state index in [1.807, 2.05) is 83.1 Å². The molecule has 2 heterocycles. The molecule has 2 aromatic heterocycles. The van der Waals surface area contributed by atoms with E-state index in [4.69, 9.17) is 4.74 Å². The van der Waals surface area contributed by atoms with Crippen LogP contribution in [0.2, 0.25) is 0 Å². The Bertz CT molecular complexity index is 1520. The largest absolute Gasteiger partial charge is 0.504 e. The van der Waals surface area contributed by atoms with Crippen LogP contribution in [0.5, 0.6) is 5.75 Å². The summed E-state index contributed by atoms with van der Waals surface area (Å²) >= 11 is 0. The molecule has 4 aromatic rings. The van der Waals surface area contributed by atoms with Crippen molar-refractivity contribution in [3.8, 4) is 11.4 Å². The minimum absolute atomic E-state index is 0. The molecule has 0 radical (unpaired) electrons. The molecule has 184 valence electrons. The summed E-state index contributed by atoms with van der Waals surface area (Å²) in [7, 11) is 1.99. The number of rotatable bonds is 4. The number of allylic oxidation sites excluding steroid dienone is 7. The summed E-state index contributed by atoms with van der Waals surface area (Å²) < 4.78 is 10.2. The number of ether oxygens (including phenoxy) is 1. The predicted molar refractivity (Wildman–Crippen MR) is 139 cm³/mol. The Labute approximate surface area is 227 Å². The van der Waals surface area contributed by atoms with Crippen molar-refractivity contribution >= 4 is 16.6 Å². The Balaban J connectivity index is 0.00000304. The van der Waals surface area contributed by atoms with Gasteiger partial charge in [-0.1, -0.05) is 75.0 Å². The Morgan fingerprint density at radius 3 is 2.64 bits per heavy atom. The molecule has 5 rings (SSSR count). The summed E-state index contributed by atoms with van der Waals surface area (Å²) in [6.45, 7) is 6.59. The van der Waals surface area contributed by atoms with Crippen LogP contribution in [0.25, 0.3) is 22.3 Å². The van der Waals surface area contributed by atoms with Crippen LogP contribution < -0.4 is 9.30 Å². The summed E-state index contributed by atoms with van der Waals surface area (Å²) in [5.41, 5.74) is 5.97. The molecular formula is C31H27N3OPt-2. The molecule has 0 bridgehead atoms. The fourth-order valence-corrected chi connectivity index (χ4v) is 3.95. The summed E-state index contributed by atoms with van der Waals surface area (Å²) in [4.78, 5) is 4.60. The van der Waals surface area contributed by atoms with Gasteiger partial charge in [-0.25, -0.2) is 0 Å². The second kappa shape index (κ2) is 10.6. The zero-order valence-electron chi connectivity index (χ0n) is 20.7. The molecule has 0 atom stereocenters. The first kappa shape index (κ1) is 25.6. The average molecular weight is 653 g/mol. The summed E-state index contributed by atoms with van der Waals surface area (Å²) in [6, 6.07) is 21.6. The van der Waals surface area contributed by atoms with Crippen LogP contribution in [0.4, 0.5) is 0 Å². The number of para-hydroxylation sites is 2. The van der Waals surface area contributed by atoms with Gasteiger partial charge in [-0.2, -0.15) is 12.1 Å². The van der Waals surface area contributed by atoms with Crippen LogP contribution >= 0.6 is 0 Å². The molecule has 1 aliphatic rings. The first-order valence-corrected chi connectivity index (χ1v) is 11.6. The van der Waals surface area contributed by atoms with Gasteiger partial charge in [-0.15, -0.1) is 35.9 Å². The maximum Gasteiger partial charge on any atom is 0.242 e. The SMILES string of the molecule is Cn1[c-][n+](-c2[c-]c(OC3=C/C=C\C=C/C(c4cc(C(C)(C)C)ccn4)=[C-]\3)ccc2)c2ccccc21.[Pt]. The van der Waals surface area contributed by atoms with Gasteiger partial charge < -0.3 is 18.9 Å². The molecule has 1 aliphatic carbocycles. The fraction of sp³-hybridized carbons (Fsp3) is 0.161. The standard InChI is InChI=1S/C31H27N3O.Pt/c1-31(2,3)24-17-18-32-28(20-24)23-11-6-5-7-13-26(19-23)35-27-14-10-12-25(21-27)34-22-33(4)29-15-8-9-16-30(29)34;/h5-18,20H,1-4H3;/q-2;/b6-5?,7-5-,11-6-,13-7?,23-11?,26-13+;. The third-order valence-corrected chi connectivity index (χ3v) is 5.84. The second-order valence-electron chi connectivity index (χ2n) is 9.48. The summed E-state index contributed by atoms with van der Waals surface area (Å²) in [5.74, 6) is 1.19. The second-order valence-corrected chi connectivity index (χ2v) is 9.48. The Morgan fingerprint density at radius 2 is 1.81 bits per heavy atom. The van der Waals surface area contributed by atoms with Crippen LogP contribution in [-0.2, 0) is 33.5 Å². The van der Waals surface area contributed by atoms with Crippen molar-refractivity contribution in [3.05, 3.63) is 127 Å². The molecule has 0 saturated heterocycles. The van der Waals surface area contributed by atoms with E-state index in [9.17, 15) is 0 Å². The van der Waals surface area contributed by atoms with Gasteiger partial charge in [0.05, 0.1) is 18.1 Å². The number of aryl methyl sites for hydroxylation is 1. The molecule has 0 N–H and O–H groups in total. The minimum atomic E-state index is 0. The third-order valence-electron chi connectivity index (χ3n) is 5.84. The predicted octanol–water partition coefficient (Wildman–Crippen LogP) is 6.02. The smallest absolute Gasteiger partial charge is 0.242 e. The number of imidazole rings is 1. The van der Waals surface area contributed by atoms with E-state index >= 15 is 0 Å².